The van der Waals surface area contributed by atoms with Crippen LogP contribution in [0.1, 0.15) is 16.1 Å². The Morgan fingerprint density at radius 3 is 2.27 bits per heavy atom. The zero-order valence-corrected chi connectivity index (χ0v) is 17.5. The van der Waals surface area contributed by atoms with E-state index in [2.05, 4.69) is 20.3 Å². The first-order valence-electron chi connectivity index (χ1n) is 9.44. The van der Waals surface area contributed by atoms with Crippen LogP contribution in [0.3, 0.4) is 0 Å². The van der Waals surface area contributed by atoms with Crippen LogP contribution in [0.15, 0.2) is 54.9 Å². The lowest BCUT2D eigenvalue weighted by Crippen LogP contribution is -2.32. The number of rotatable bonds is 6. The summed E-state index contributed by atoms with van der Waals surface area (Å²) in [5, 5.41) is 3.08. The molecule has 2 aromatic heterocycles. The van der Waals surface area contributed by atoms with E-state index in [0.717, 1.165) is 11.3 Å². The lowest BCUT2D eigenvalue weighted by atomic mass is 10.1. The Morgan fingerprint density at radius 1 is 0.967 bits per heavy atom. The zero-order chi connectivity index (χ0) is 21.7. The molecule has 8 nitrogen and oxygen atoms in total. The summed E-state index contributed by atoms with van der Waals surface area (Å²) < 4.78 is 0. The zero-order valence-electron chi connectivity index (χ0n) is 17.5. The fraction of sp³-hybridized carbons (Fsp3) is 0.227. The second-order valence-corrected chi connectivity index (χ2v) is 6.95. The first-order chi connectivity index (χ1) is 14.4. The van der Waals surface area contributed by atoms with Gasteiger partial charge in [0.25, 0.3) is 5.91 Å². The molecular formula is C22H24N6O2. The number of aromatic nitrogens is 3. The molecule has 154 valence electrons. The summed E-state index contributed by atoms with van der Waals surface area (Å²) >= 11 is 0. The SMILES string of the molecule is Cc1c(NCC(=O)N(C)c2ccccc2)nc(-c2ccncc2)nc1C(=O)N(C)C. The summed E-state index contributed by atoms with van der Waals surface area (Å²) in [6.45, 7) is 1.79. The van der Waals surface area contributed by atoms with Crippen LogP contribution in [0.4, 0.5) is 11.5 Å². The van der Waals surface area contributed by atoms with Gasteiger partial charge in [-0.2, -0.15) is 0 Å². The fourth-order valence-corrected chi connectivity index (χ4v) is 2.81. The molecule has 0 saturated heterocycles. The van der Waals surface area contributed by atoms with Gasteiger partial charge in [0.2, 0.25) is 5.91 Å². The van der Waals surface area contributed by atoms with Gasteiger partial charge in [0.05, 0.1) is 6.54 Å². The van der Waals surface area contributed by atoms with Gasteiger partial charge in [-0.3, -0.25) is 14.6 Å². The fourth-order valence-electron chi connectivity index (χ4n) is 2.81. The number of amides is 2. The van der Waals surface area contributed by atoms with Crippen molar-refractivity contribution in [2.24, 2.45) is 0 Å². The number of hydrogen-bond donors (Lipinski definition) is 1. The summed E-state index contributed by atoms with van der Waals surface area (Å²) in [6.07, 6.45) is 3.27. The van der Waals surface area contributed by atoms with Gasteiger partial charge in [-0.25, -0.2) is 9.97 Å². The first-order valence-corrected chi connectivity index (χ1v) is 9.44. The van der Waals surface area contributed by atoms with Crippen molar-refractivity contribution in [3.05, 3.63) is 66.1 Å². The number of anilines is 2. The maximum absolute atomic E-state index is 12.7. The summed E-state index contributed by atoms with van der Waals surface area (Å²) in [5.74, 6) is 0.461. The molecule has 0 spiro atoms. The van der Waals surface area contributed by atoms with Crippen molar-refractivity contribution >= 4 is 23.3 Å². The number of nitrogens with one attached hydrogen (secondary N) is 1. The van der Waals surface area contributed by atoms with Gasteiger partial charge in [-0.15, -0.1) is 0 Å². The molecule has 0 saturated carbocycles. The average Bonchev–Trinajstić information content (AvgIpc) is 2.78. The van der Waals surface area contributed by atoms with E-state index in [9.17, 15) is 9.59 Å². The molecule has 0 aliphatic heterocycles. The van der Waals surface area contributed by atoms with E-state index >= 15 is 0 Å². The number of carbonyl (C=O) groups is 2. The van der Waals surface area contributed by atoms with Crippen molar-refractivity contribution in [3.8, 4) is 11.4 Å². The van der Waals surface area contributed by atoms with Gasteiger partial charge < -0.3 is 15.1 Å². The molecule has 8 heteroatoms. The molecule has 2 amide bonds. The normalized spacial score (nSPS) is 10.4. The molecule has 0 bridgehead atoms. The predicted molar refractivity (Wildman–Crippen MR) is 116 cm³/mol. The molecule has 1 aromatic carbocycles. The largest absolute Gasteiger partial charge is 0.361 e. The van der Waals surface area contributed by atoms with E-state index in [-0.39, 0.29) is 24.1 Å². The third kappa shape index (κ3) is 4.60. The number of pyridine rings is 1. The summed E-state index contributed by atoms with van der Waals surface area (Å²) in [4.78, 5) is 41.4. The van der Waals surface area contributed by atoms with Crippen LogP contribution >= 0.6 is 0 Å². The molecule has 30 heavy (non-hydrogen) atoms. The highest BCUT2D eigenvalue weighted by molar-refractivity contribution is 5.97. The molecule has 0 fully saturated rings. The lowest BCUT2D eigenvalue weighted by molar-refractivity contribution is -0.116. The van der Waals surface area contributed by atoms with Crippen molar-refractivity contribution in [2.45, 2.75) is 6.92 Å². The summed E-state index contributed by atoms with van der Waals surface area (Å²) in [5.41, 5.74) is 2.40. The first kappa shape index (κ1) is 20.9. The number of nitrogens with zero attached hydrogens (tertiary/aromatic N) is 5. The van der Waals surface area contributed by atoms with Crippen molar-refractivity contribution in [1.82, 2.24) is 19.9 Å². The highest BCUT2D eigenvalue weighted by Gasteiger charge is 2.20. The van der Waals surface area contributed by atoms with E-state index in [1.165, 1.54) is 4.90 Å². The Balaban J connectivity index is 1.90. The van der Waals surface area contributed by atoms with E-state index < -0.39 is 0 Å². The minimum absolute atomic E-state index is 0.0224. The quantitative estimate of drug-likeness (QED) is 0.679. The number of likely N-dealkylation sites (N-methyl/N-ethyl adjacent to an activating group) is 1. The van der Waals surface area contributed by atoms with Gasteiger partial charge in [-0.05, 0) is 31.2 Å². The van der Waals surface area contributed by atoms with Crippen LogP contribution in [0, 0.1) is 6.92 Å². The second-order valence-electron chi connectivity index (χ2n) is 6.95. The highest BCUT2D eigenvalue weighted by atomic mass is 16.2. The van der Waals surface area contributed by atoms with Crippen LogP contribution < -0.4 is 10.2 Å². The molecule has 3 rings (SSSR count). The highest BCUT2D eigenvalue weighted by Crippen LogP contribution is 2.22. The Kier molecular flexibility index (Phi) is 6.36. The number of carbonyl (C=O) groups excluding carboxylic acids is 2. The van der Waals surface area contributed by atoms with E-state index in [1.54, 1.807) is 57.5 Å². The lowest BCUT2D eigenvalue weighted by Gasteiger charge is -2.19. The molecule has 0 atom stereocenters. The third-order valence-corrected chi connectivity index (χ3v) is 4.62. The average molecular weight is 404 g/mol. The van der Waals surface area contributed by atoms with Gasteiger partial charge in [0, 0.05) is 50.4 Å². The van der Waals surface area contributed by atoms with Gasteiger partial charge in [0.1, 0.15) is 11.5 Å². The molecular weight excluding hydrogens is 380 g/mol. The third-order valence-electron chi connectivity index (χ3n) is 4.62. The maximum Gasteiger partial charge on any atom is 0.272 e. The van der Waals surface area contributed by atoms with Crippen LogP contribution in [0.2, 0.25) is 0 Å². The number of para-hydroxylation sites is 1. The Bertz CT molecular complexity index is 1040. The van der Waals surface area contributed by atoms with Crippen LogP contribution in [0.5, 0.6) is 0 Å². The smallest absolute Gasteiger partial charge is 0.272 e. The Morgan fingerprint density at radius 2 is 1.63 bits per heavy atom. The van der Waals surface area contributed by atoms with E-state index in [1.807, 2.05) is 30.3 Å². The molecule has 3 aromatic rings. The number of benzene rings is 1. The monoisotopic (exact) mass is 404 g/mol. The second kappa shape index (κ2) is 9.13. The molecule has 1 N–H and O–H groups in total. The molecule has 0 aliphatic carbocycles. The maximum atomic E-state index is 12.7. The van der Waals surface area contributed by atoms with Gasteiger partial charge in [0.15, 0.2) is 5.82 Å². The molecule has 0 aliphatic rings. The standard InChI is InChI=1S/C22H24N6O2/c1-15-19(22(30)27(2)3)25-21(16-10-12-23-13-11-16)26-20(15)24-14-18(29)28(4)17-8-6-5-7-9-17/h5-13H,14H2,1-4H3,(H,24,25,26). The van der Waals surface area contributed by atoms with Crippen molar-refractivity contribution in [1.29, 1.82) is 0 Å². The molecule has 2 heterocycles. The van der Waals surface area contributed by atoms with Crippen molar-refractivity contribution in [3.63, 3.8) is 0 Å². The van der Waals surface area contributed by atoms with Crippen LogP contribution in [0.25, 0.3) is 11.4 Å². The Labute approximate surface area is 175 Å². The molecule has 0 unspecified atom stereocenters. The minimum Gasteiger partial charge on any atom is -0.361 e. The minimum atomic E-state index is -0.235. The van der Waals surface area contributed by atoms with Crippen LogP contribution in [-0.4, -0.2) is 59.4 Å². The number of hydrogen-bond acceptors (Lipinski definition) is 6. The predicted octanol–water partition coefficient (Wildman–Crippen LogP) is 2.62. The molecule has 0 radical (unpaired) electrons. The van der Waals surface area contributed by atoms with E-state index in [4.69, 9.17) is 0 Å². The summed E-state index contributed by atoms with van der Waals surface area (Å²) in [7, 11) is 5.05. The van der Waals surface area contributed by atoms with E-state index in [0.29, 0.717) is 17.2 Å². The van der Waals surface area contributed by atoms with Crippen LogP contribution in [-0.2, 0) is 4.79 Å². The topological polar surface area (TPSA) is 91.3 Å². The van der Waals surface area contributed by atoms with Crippen molar-refractivity contribution < 1.29 is 9.59 Å². The van der Waals surface area contributed by atoms with Crippen molar-refractivity contribution in [2.75, 3.05) is 37.9 Å². The van der Waals surface area contributed by atoms with Gasteiger partial charge in [-0.1, -0.05) is 18.2 Å². The Hall–Kier alpha value is -3.81. The summed E-state index contributed by atoms with van der Waals surface area (Å²) in [6, 6.07) is 12.9. The van der Waals surface area contributed by atoms with Gasteiger partial charge >= 0.3 is 0 Å².